The van der Waals surface area contributed by atoms with Crippen LogP contribution in [0.15, 0.2) is 0 Å². The lowest BCUT2D eigenvalue weighted by Gasteiger charge is -2.48. The van der Waals surface area contributed by atoms with Crippen LogP contribution in [0.5, 0.6) is 0 Å². The van der Waals surface area contributed by atoms with Crippen molar-refractivity contribution in [3.8, 4) is 0 Å². The predicted molar refractivity (Wildman–Crippen MR) is 185 cm³/mol. The number of nitrogens with one attached hydrogen (secondary N) is 2. The van der Waals surface area contributed by atoms with Crippen molar-refractivity contribution in [3.63, 3.8) is 0 Å². The summed E-state index contributed by atoms with van der Waals surface area (Å²) in [5.74, 6) is -2.60. The summed E-state index contributed by atoms with van der Waals surface area (Å²) < 4.78 is 37.2. The van der Waals surface area contributed by atoms with Crippen molar-refractivity contribution in [1.82, 2.24) is 10.6 Å². The molecule has 3 rings (SSSR count). The van der Waals surface area contributed by atoms with Gasteiger partial charge in [0, 0.05) is 31.5 Å². The molecular weight excluding hydrogens is 652 g/mol. The van der Waals surface area contributed by atoms with Crippen molar-refractivity contribution in [1.29, 1.82) is 0 Å². The average molecular weight is 721 g/mol. The minimum absolute atomic E-state index is 0.132. The summed E-state index contributed by atoms with van der Waals surface area (Å²) in [6.45, 7) is 17.8. The molecule has 18 atom stereocenters. The molecule has 0 aromatic carbocycles. The van der Waals surface area contributed by atoms with Gasteiger partial charge in [-0.3, -0.25) is 4.79 Å². The highest BCUT2D eigenvalue weighted by Crippen LogP contribution is 2.39. The Balaban J connectivity index is 2.14. The summed E-state index contributed by atoms with van der Waals surface area (Å²) in [6.07, 6.45) is -8.27. The Morgan fingerprint density at radius 3 is 2.18 bits per heavy atom. The zero-order chi connectivity index (χ0) is 37.9. The van der Waals surface area contributed by atoms with E-state index in [4.69, 9.17) is 28.4 Å². The molecular formula is C36H68N2O12. The van der Waals surface area contributed by atoms with E-state index in [0.29, 0.717) is 13.0 Å². The highest BCUT2D eigenvalue weighted by Gasteiger charge is 2.52. The van der Waals surface area contributed by atoms with Crippen LogP contribution in [0.1, 0.15) is 94.9 Å². The van der Waals surface area contributed by atoms with Crippen molar-refractivity contribution in [3.05, 3.63) is 0 Å². The molecule has 0 unspecified atom stereocenters. The van der Waals surface area contributed by atoms with Gasteiger partial charge < -0.3 is 64.6 Å². The number of carbonyl (C=O) groups is 1. The second kappa shape index (κ2) is 17.4. The molecule has 7 N–H and O–H groups in total. The summed E-state index contributed by atoms with van der Waals surface area (Å²) in [4.78, 5) is 14.1. The van der Waals surface area contributed by atoms with E-state index in [0.717, 1.165) is 0 Å². The Kier molecular flexibility index (Phi) is 15.1. The summed E-state index contributed by atoms with van der Waals surface area (Å²) in [7, 11) is 3.26. The molecule has 0 aromatic rings. The number of aliphatic hydroxyl groups is 5. The maximum absolute atomic E-state index is 14.1. The van der Waals surface area contributed by atoms with Gasteiger partial charge in [-0.05, 0) is 87.2 Å². The first kappa shape index (κ1) is 43.4. The standard InChI is InChI=1S/C36H68N2O12/c1-13-25-36(10,44)29(40)22(6)38-17-18(2)15-34(8,43)31(50-33-27(39)24(37-11)14-19(3)46-33)20(4)28(21(5)32(42)48-25)49-26-16-35(9,45-12)30(41)23(7)47-26/h18-31,33,37-41,43-44H,13-17H2,1-12H3/t18-,19-,20+,21-,22-,23+,24+,25-,26+,27-,28+,29-,30+,31-,33+,34-,35-,36-/m1/s1. The van der Waals surface area contributed by atoms with Crippen LogP contribution in [0.3, 0.4) is 0 Å². The van der Waals surface area contributed by atoms with E-state index >= 15 is 0 Å². The lowest BCUT2D eigenvalue weighted by molar-refractivity contribution is -0.316. The topological polar surface area (TPSA) is 198 Å². The number of esters is 1. The molecule has 3 aliphatic heterocycles. The summed E-state index contributed by atoms with van der Waals surface area (Å²) in [5, 5.41) is 63.8. The fraction of sp³-hybridized carbons (Fsp3) is 0.972. The van der Waals surface area contributed by atoms with E-state index < -0.39 is 96.0 Å². The molecule has 3 aliphatic rings. The number of ether oxygens (including phenoxy) is 6. The molecule has 0 spiro atoms. The first-order valence-corrected chi connectivity index (χ1v) is 18.4. The molecule has 0 saturated carbocycles. The molecule has 50 heavy (non-hydrogen) atoms. The van der Waals surface area contributed by atoms with Crippen LogP contribution in [0.25, 0.3) is 0 Å². The predicted octanol–water partition coefficient (Wildman–Crippen LogP) is 1.22. The summed E-state index contributed by atoms with van der Waals surface area (Å²) >= 11 is 0. The van der Waals surface area contributed by atoms with Gasteiger partial charge in [0.15, 0.2) is 12.6 Å². The first-order valence-electron chi connectivity index (χ1n) is 18.4. The Bertz CT molecular complexity index is 1080. The monoisotopic (exact) mass is 720 g/mol. The molecule has 0 bridgehead atoms. The average Bonchev–Trinajstić information content (AvgIpc) is 3.05. The van der Waals surface area contributed by atoms with Crippen LogP contribution in [-0.4, -0.2) is 143 Å². The molecule has 3 heterocycles. The Morgan fingerprint density at radius 2 is 1.60 bits per heavy atom. The summed E-state index contributed by atoms with van der Waals surface area (Å²) in [5.41, 5.74) is -4.37. The first-order chi connectivity index (χ1) is 23.1. The second-order valence-electron chi connectivity index (χ2n) is 16.0. The molecule has 14 nitrogen and oxygen atoms in total. The Morgan fingerprint density at radius 1 is 0.960 bits per heavy atom. The van der Waals surface area contributed by atoms with Crippen LogP contribution in [0.2, 0.25) is 0 Å². The number of aliphatic hydroxyl groups excluding tert-OH is 3. The normalized spacial score (nSPS) is 50.6. The number of hydrogen-bond acceptors (Lipinski definition) is 14. The van der Waals surface area contributed by atoms with Gasteiger partial charge in [-0.15, -0.1) is 0 Å². The molecule has 0 aliphatic carbocycles. The largest absolute Gasteiger partial charge is 0.459 e. The highest BCUT2D eigenvalue weighted by atomic mass is 16.7. The third-order valence-corrected chi connectivity index (χ3v) is 11.5. The minimum Gasteiger partial charge on any atom is -0.459 e. The molecule has 3 fully saturated rings. The van der Waals surface area contributed by atoms with E-state index in [1.54, 1.807) is 55.5 Å². The molecule has 0 amide bonds. The number of hydrogen-bond donors (Lipinski definition) is 7. The van der Waals surface area contributed by atoms with Gasteiger partial charge in [-0.25, -0.2) is 0 Å². The zero-order valence-corrected chi connectivity index (χ0v) is 32.3. The Hall–Kier alpha value is -1.01. The third kappa shape index (κ3) is 9.74. The number of rotatable bonds is 7. The molecule has 294 valence electrons. The van der Waals surface area contributed by atoms with Gasteiger partial charge in [0.05, 0.1) is 41.5 Å². The van der Waals surface area contributed by atoms with Gasteiger partial charge in [-0.2, -0.15) is 0 Å². The van der Waals surface area contributed by atoms with Crippen LogP contribution in [-0.2, 0) is 33.2 Å². The second-order valence-corrected chi connectivity index (χ2v) is 16.0. The van der Waals surface area contributed by atoms with Crippen molar-refractivity contribution in [2.75, 3.05) is 20.7 Å². The zero-order valence-electron chi connectivity index (χ0n) is 32.3. The molecule has 3 saturated heterocycles. The van der Waals surface area contributed by atoms with Gasteiger partial charge in [0.1, 0.15) is 30.0 Å². The van der Waals surface area contributed by atoms with Crippen LogP contribution in [0.4, 0.5) is 0 Å². The van der Waals surface area contributed by atoms with E-state index in [2.05, 4.69) is 10.6 Å². The van der Waals surface area contributed by atoms with Gasteiger partial charge >= 0.3 is 5.97 Å². The van der Waals surface area contributed by atoms with Gasteiger partial charge in [0.2, 0.25) is 0 Å². The van der Waals surface area contributed by atoms with E-state index in [-0.39, 0.29) is 37.3 Å². The lowest BCUT2D eigenvalue weighted by Crippen LogP contribution is -2.60. The highest BCUT2D eigenvalue weighted by molar-refractivity contribution is 5.73. The fourth-order valence-corrected chi connectivity index (χ4v) is 8.16. The quantitative estimate of drug-likeness (QED) is 0.185. The number of likely N-dealkylation sites (N-methyl/N-ethyl adjacent to an activating group) is 1. The minimum atomic E-state index is -1.80. The number of methoxy groups -OCH3 is 1. The van der Waals surface area contributed by atoms with Gasteiger partial charge in [-0.1, -0.05) is 20.8 Å². The lowest BCUT2D eigenvalue weighted by atomic mass is 9.77. The van der Waals surface area contributed by atoms with Crippen molar-refractivity contribution in [2.45, 2.75) is 185 Å². The van der Waals surface area contributed by atoms with E-state index in [9.17, 15) is 30.3 Å². The van der Waals surface area contributed by atoms with Crippen LogP contribution in [0, 0.1) is 17.8 Å². The fourth-order valence-electron chi connectivity index (χ4n) is 8.16. The molecule has 14 heteroatoms. The van der Waals surface area contributed by atoms with E-state index in [1.165, 1.54) is 14.0 Å². The molecule has 0 radical (unpaired) electrons. The molecule has 0 aromatic heterocycles. The number of carbonyl (C=O) groups excluding carboxylic acids is 1. The Labute approximate surface area is 298 Å². The van der Waals surface area contributed by atoms with Crippen molar-refractivity contribution in [2.24, 2.45) is 17.8 Å². The number of cyclic esters (lactones) is 1. The maximum Gasteiger partial charge on any atom is 0.311 e. The van der Waals surface area contributed by atoms with Crippen LogP contribution < -0.4 is 10.6 Å². The van der Waals surface area contributed by atoms with Gasteiger partial charge in [0.25, 0.3) is 0 Å². The van der Waals surface area contributed by atoms with Crippen molar-refractivity contribution >= 4 is 5.97 Å². The van der Waals surface area contributed by atoms with E-state index in [1.807, 2.05) is 13.8 Å². The van der Waals surface area contributed by atoms with Crippen molar-refractivity contribution < 1.29 is 58.7 Å². The summed E-state index contributed by atoms with van der Waals surface area (Å²) in [6, 6.07) is -0.909. The smallest absolute Gasteiger partial charge is 0.311 e. The maximum atomic E-state index is 14.1. The third-order valence-electron chi connectivity index (χ3n) is 11.5. The SMILES string of the molecule is CC[C@H]1OC(=O)[C@H](C)[C@@H](O[C@H]2C[C@@](C)(OC)[C@@H](O)[C@H](C)O2)[C@H](C)[C@@H](O[C@@H]2O[C@H](C)C[C@H](NC)[C@H]2O)[C@](C)(O)C[C@@H](C)CN[C@H](C)[C@@H](O)[C@]1(C)O. The van der Waals surface area contributed by atoms with Crippen LogP contribution >= 0.6 is 0 Å².